The minimum atomic E-state index is -3.52. The van der Waals surface area contributed by atoms with Crippen molar-refractivity contribution >= 4 is 22.4 Å². The van der Waals surface area contributed by atoms with Gasteiger partial charge in [-0.05, 0) is 37.1 Å². The van der Waals surface area contributed by atoms with Gasteiger partial charge in [0.15, 0.2) is 0 Å². The highest BCUT2D eigenvalue weighted by Gasteiger charge is 2.30. The largest absolute Gasteiger partial charge is 0.326 e. The molecule has 0 aromatic heterocycles. The summed E-state index contributed by atoms with van der Waals surface area (Å²) in [4.78, 5) is 0.130. The third-order valence-corrected chi connectivity index (χ3v) is 4.82. The van der Waals surface area contributed by atoms with Gasteiger partial charge < -0.3 is 5.73 Å². The predicted molar refractivity (Wildman–Crippen MR) is 69.7 cm³/mol. The van der Waals surface area contributed by atoms with Gasteiger partial charge in [0, 0.05) is 19.1 Å². The summed E-state index contributed by atoms with van der Waals surface area (Å²) in [6.45, 7) is 2.31. The minimum Gasteiger partial charge on any atom is -0.326 e. The van der Waals surface area contributed by atoms with E-state index < -0.39 is 15.8 Å². The first-order valence-electron chi connectivity index (χ1n) is 5.43. The lowest BCUT2D eigenvalue weighted by atomic mass is 10.2. The highest BCUT2D eigenvalue weighted by Crippen LogP contribution is 2.22. The zero-order valence-corrected chi connectivity index (χ0v) is 11.6. The lowest BCUT2D eigenvalue weighted by Crippen LogP contribution is -2.32. The van der Waals surface area contributed by atoms with Gasteiger partial charge in [-0.25, -0.2) is 12.8 Å². The van der Waals surface area contributed by atoms with Gasteiger partial charge in [0.2, 0.25) is 10.0 Å². The number of benzene rings is 1. The van der Waals surface area contributed by atoms with Crippen LogP contribution in [0.4, 0.5) is 4.39 Å². The Labute approximate surface area is 112 Å². The number of nitrogens with zero attached hydrogens (tertiary/aromatic N) is 1. The first-order chi connectivity index (χ1) is 7.91. The molecule has 2 rings (SSSR count). The summed E-state index contributed by atoms with van der Waals surface area (Å²) in [5, 5.41) is 0. The van der Waals surface area contributed by atoms with Crippen LogP contribution in [0.5, 0.6) is 0 Å². The SMILES string of the molecule is Cc1cc(S(=O)(=O)N2CC[C@@H](N)C2)ccc1F.Cl. The van der Waals surface area contributed by atoms with Crippen LogP contribution in [0.1, 0.15) is 12.0 Å². The molecule has 1 atom stereocenters. The summed E-state index contributed by atoms with van der Waals surface area (Å²) >= 11 is 0. The summed E-state index contributed by atoms with van der Waals surface area (Å²) in [5.41, 5.74) is 6.02. The molecule has 0 bridgehead atoms. The Morgan fingerprint density at radius 3 is 2.61 bits per heavy atom. The van der Waals surface area contributed by atoms with E-state index in [9.17, 15) is 12.8 Å². The molecule has 0 amide bonds. The van der Waals surface area contributed by atoms with Gasteiger partial charge in [-0.2, -0.15) is 4.31 Å². The van der Waals surface area contributed by atoms with Crippen LogP contribution < -0.4 is 5.73 Å². The molecule has 1 fully saturated rings. The highest BCUT2D eigenvalue weighted by atomic mass is 35.5. The van der Waals surface area contributed by atoms with Gasteiger partial charge in [-0.15, -0.1) is 12.4 Å². The molecule has 1 aliphatic heterocycles. The van der Waals surface area contributed by atoms with Crippen LogP contribution in [0.15, 0.2) is 23.1 Å². The van der Waals surface area contributed by atoms with E-state index in [2.05, 4.69) is 0 Å². The maximum absolute atomic E-state index is 13.1. The monoisotopic (exact) mass is 294 g/mol. The Kier molecular flexibility index (Phi) is 4.72. The summed E-state index contributed by atoms with van der Waals surface area (Å²) in [6.07, 6.45) is 0.666. The molecule has 102 valence electrons. The molecule has 0 aliphatic carbocycles. The van der Waals surface area contributed by atoms with Crippen molar-refractivity contribution in [2.24, 2.45) is 5.73 Å². The fourth-order valence-electron chi connectivity index (χ4n) is 1.90. The number of hydrogen-bond acceptors (Lipinski definition) is 3. The van der Waals surface area contributed by atoms with Gasteiger partial charge in [0.25, 0.3) is 0 Å². The molecule has 0 unspecified atom stereocenters. The average molecular weight is 295 g/mol. The fourth-order valence-corrected chi connectivity index (χ4v) is 3.50. The van der Waals surface area contributed by atoms with Crippen molar-refractivity contribution in [2.45, 2.75) is 24.3 Å². The van der Waals surface area contributed by atoms with E-state index in [0.717, 1.165) is 0 Å². The first kappa shape index (κ1) is 15.4. The van der Waals surface area contributed by atoms with Crippen LogP contribution in [0.25, 0.3) is 0 Å². The van der Waals surface area contributed by atoms with E-state index in [-0.39, 0.29) is 23.3 Å². The van der Waals surface area contributed by atoms with E-state index in [1.54, 1.807) is 6.92 Å². The first-order valence-corrected chi connectivity index (χ1v) is 6.87. The van der Waals surface area contributed by atoms with E-state index in [1.807, 2.05) is 0 Å². The van der Waals surface area contributed by atoms with Crippen LogP contribution in [-0.4, -0.2) is 31.9 Å². The van der Waals surface area contributed by atoms with Crippen molar-refractivity contribution < 1.29 is 12.8 Å². The Bertz CT molecular complexity index is 536. The Morgan fingerprint density at radius 1 is 1.44 bits per heavy atom. The molecule has 7 heteroatoms. The molecule has 1 aliphatic rings. The molecular formula is C11H16ClFN2O2S. The van der Waals surface area contributed by atoms with Crippen molar-refractivity contribution in [2.75, 3.05) is 13.1 Å². The van der Waals surface area contributed by atoms with Gasteiger partial charge in [0.1, 0.15) is 5.82 Å². The van der Waals surface area contributed by atoms with Crippen LogP contribution >= 0.6 is 12.4 Å². The van der Waals surface area contributed by atoms with Crippen molar-refractivity contribution in [1.29, 1.82) is 0 Å². The highest BCUT2D eigenvalue weighted by molar-refractivity contribution is 7.89. The van der Waals surface area contributed by atoms with Crippen molar-refractivity contribution in [3.63, 3.8) is 0 Å². The van der Waals surface area contributed by atoms with Gasteiger partial charge >= 0.3 is 0 Å². The molecule has 1 saturated heterocycles. The third kappa shape index (κ3) is 2.83. The third-order valence-electron chi connectivity index (χ3n) is 2.95. The minimum absolute atomic E-state index is 0. The number of nitrogens with two attached hydrogens (primary N) is 1. The molecule has 4 nitrogen and oxygen atoms in total. The summed E-state index contributed by atoms with van der Waals surface area (Å²) < 4.78 is 38.8. The van der Waals surface area contributed by atoms with Gasteiger partial charge in [-0.3, -0.25) is 0 Å². The Hall–Kier alpha value is -0.690. The smallest absolute Gasteiger partial charge is 0.243 e. The summed E-state index contributed by atoms with van der Waals surface area (Å²) in [6, 6.07) is 3.72. The second kappa shape index (κ2) is 5.52. The van der Waals surface area contributed by atoms with Crippen LogP contribution in [0.3, 0.4) is 0 Å². The van der Waals surface area contributed by atoms with Crippen molar-refractivity contribution in [3.05, 3.63) is 29.6 Å². The van der Waals surface area contributed by atoms with E-state index >= 15 is 0 Å². The lowest BCUT2D eigenvalue weighted by Gasteiger charge is -2.16. The summed E-state index contributed by atoms with van der Waals surface area (Å²) in [7, 11) is -3.52. The molecular weight excluding hydrogens is 279 g/mol. The van der Waals surface area contributed by atoms with Crippen LogP contribution in [0, 0.1) is 12.7 Å². The zero-order chi connectivity index (χ0) is 12.6. The molecule has 2 N–H and O–H groups in total. The van der Waals surface area contributed by atoms with Crippen LogP contribution in [0.2, 0.25) is 0 Å². The topological polar surface area (TPSA) is 63.4 Å². The molecule has 0 spiro atoms. The number of rotatable bonds is 2. The lowest BCUT2D eigenvalue weighted by molar-refractivity contribution is 0.472. The van der Waals surface area contributed by atoms with Gasteiger partial charge in [0.05, 0.1) is 4.90 Å². The molecule has 0 radical (unpaired) electrons. The quantitative estimate of drug-likeness (QED) is 0.894. The second-order valence-electron chi connectivity index (χ2n) is 4.32. The number of hydrogen-bond donors (Lipinski definition) is 1. The number of halogens is 2. The summed E-state index contributed by atoms with van der Waals surface area (Å²) in [5.74, 6) is -0.401. The maximum atomic E-state index is 13.1. The standard InChI is InChI=1S/C11H15FN2O2S.ClH/c1-8-6-10(2-3-11(8)12)17(15,16)14-5-4-9(13)7-14;/h2-3,6,9H,4-5,7,13H2,1H3;1H/t9-;/m1./s1. The maximum Gasteiger partial charge on any atom is 0.243 e. The van der Waals surface area contributed by atoms with E-state index in [4.69, 9.17) is 5.73 Å². The fraction of sp³-hybridized carbons (Fsp3) is 0.455. The number of aryl methyl sites for hydroxylation is 1. The van der Waals surface area contributed by atoms with Crippen molar-refractivity contribution in [3.8, 4) is 0 Å². The average Bonchev–Trinajstić information content (AvgIpc) is 2.69. The zero-order valence-electron chi connectivity index (χ0n) is 9.97. The molecule has 1 aromatic rings. The van der Waals surface area contributed by atoms with Crippen LogP contribution in [-0.2, 0) is 10.0 Å². The van der Waals surface area contributed by atoms with Gasteiger partial charge in [-0.1, -0.05) is 0 Å². The van der Waals surface area contributed by atoms with Crippen molar-refractivity contribution in [1.82, 2.24) is 4.31 Å². The number of sulfonamides is 1. The Balaban J connectivity index is 0.00000162. The second-order valence-corrected chi connectivity index (χ2v) is 6.26. The molecule has 1 aromatic carbocycles. The Morgan fingerprint density at radius 2 is 2.11 bits per heavy atom. The molecule has 1 heterocycles. The van der Waals surface area contributed by atoms with E-state index in [1.165, 1.54) is 22.5 Å². The molecule has 0 saturated carbocycles. The van der Waals surface area contributed by atoms with E-state index in [0.29, 0.717) is 25.1 Å². The normalized spacial score (nSPS) is 20.7. The predicted octanol–water partition coefficient (Wildman–Crippen LogP) is 1.28. The molecule has 18 heavy (non-hydrogen) atoms.